The monoisotopic (exact) mass is 187 g/mol. The van der Waals surface area contributed by atoms with Crippen LogP contribution in [0.4, 0.5) is 0 Å². The molecule has 0 aliphatic heterocycles. The normalized spacial score (nSPS) is 16.4. The summed E-state index contributed by atoms with van der Waals surface area (Å²) in [5, 5.41) is 3.48. The molecule has 0 aromatic heterocycles. The van der Waals surface area contributed by atoms with Crippen LogP contribution in [-0.4, -0.2) is 39.5 Å². The molecule has 0 bridgehead atoms. The van der Waals surface area contributed by atoms with Crippen LogP contribution >= 0.6 is 0 Å². The van der Waals surface area contributed by atoms with Crippen LogP contribution in [0.5, 0.6) is 0 Å². The highest BCUT2D eigenvalue weighted by Crippen LogP contribution is 2.18. The van der Waals surface area contributed by atoms with Gasteiger partial charge in [0, 0.05) is 19.8 Å². The van der Waals surface area contributed by atoms with E-state index in [0.717, 1.165) is 32.2 Å². The van der Waals surface area contributed by atoms with Crippen LogP contribution in [0.3, 0.4) is 0 Å². The highest BCUT2D eigenvalue weighted by molar-refractivity contribution is 4.80. The Morgan fingerprint density at radius 2 is 2.00 bits per heavy atom. The van der Waals surface area contributed by atoms with Crippen molar-refractivity contribution in [2.75, 3.05) is 33.5 Å². The van der Waals surface area contributed by atoms with Crippen molar-refractivity contribution in [3.05, 3.63) is 0 Å². The minimum atomic E-state index is 0.709. The van der Waals surface area contributed by atoms with Gasteiger partial charge in [-0.05, 0) is 32.2 Å². The van der Waals surface area contributed by atoms with E-state index >= 15 is 0 Å². The summed E-state index contributed by atoms with van der Waals surface area (Å²) in [4.78, 5) is 0. The Labute approximate surface area is 80.8 Å². The van der Waals surface area contributed by atoms with Crippen LogP contribution in [0.25, 0.3) is 0 Å². The molecule has 0 saturated heterocycles. The molecule has 78 valence electrons. The Hall–Kier alpha value is -0.120. The number of hydrogen-bond donors (Lipinski definition) is 1. The van der Waals surface area contributed by atoms with E-state index in [9.17, 15) is 0 Å². The van der Waals surface area contributed by atoms with E-state index in [1.807, 2.05) is 0 Å². The Balaban J connectivity index is 1.63. The van der Waals surface area contributed by atoms with Crippen molar-refractivity contribution < 1.29 is 9.47 Å². The van der Waals surface area contributed by atoms with Crippen molar-refractivity contribution >= 4 is 0 Å². The predicted octanol–water partition coefficient (Wildman–Crippen LogP) is 1.18. The molecule has 0 radical (unpaired) electrons. The lowest BCUT2D eigenvalue weighted by Crippen LogP contribution is -2.17. The summed E-state index contributed by atoms with van der Waals surface area (Å²) in [7, 11) is 1.70. The number of nitrogens with one attached hydrogen (secondary N) is 1. The van der Waals surface area contributed by atoms with E-state index < -0.39 is 0 Å². The molecule has 0 amide bonds. The first-order chi connectivity index (χ1) is 6.43. The zero-order valence-electron chi connectivity index (χ0n) is 8.55. The molecule has 0 heterocycles. The van der Waals surface area contributed by atoms with Crippen molar-refractivity contribution in [2.24, 2.45) is 0 Å². The molecule has 0 aromatic rings. The van der Waals surface area contributed by atoms with E-state index in [-0.39, 0.29) is 0 Å². The van der Waals surface area contributed by atoms with Gasteiger partial charge in [0.1, 0.15) is 0 Å². The highest BCUT2D eigenvalue weighted by atomic mass is 16.5. The van der Waals surface area contributed by atoms with E-state index in [4.69, 9.17) is 9.47 Å². The number of hydrogen-bond acceptors (Lipinski definition) is 3. The van der Waals surface area contributed by atoms with Crippen LogP contribution < -0.4 is 5.32 Å². The largest absolute Gasteiger partial charge is 0.382 e. The third-order valence-electron chi connectivity index (χ3n) is 2.16. The lowest BCUT2D eigenvalue weighted by atomic mass is 10.3. The van der Waals surface area contributed by atoms with Crippen LogP contribution in [0.15, 0.2) is 0 Å². The number of ether oxygens (including phenoxy) is 2. The van der Waals surface area contributed by atoms with Crippen molar-refractivity contribution in [3.63, 3.8) is 0 Å². The molecule has 1 rings (SSSR count). The molecule has 0 unspecified atom stereocenters. The maximum absolute atomic E-state index is 5.34. The standard InChI is InChI=1S/C10H21NO2/c1-12-8-9-13-7-3-2-6-11-10-4-5-10/h10-11H,2-9H2,1H3. The quantitative estimate of drug-likeness (QED) is 0.550. The fourth-order valence-corrected chi connectivity index (χ4v) is 1.17. The lowest BCUT2D eigenvalue weighted by Gasteiger charge is -2.04. The Kier molecular flexibility index (Phi) is 6.15. The fraction of sp³-hybridized carbons (Fsp3) is 1.00. The smallest absolute Gasteiger partial charge is 0.0700 e. The second-order valence-electron chi connectivity index (χ2n) is 3.54. The van der Waals surface area contributed by atoms with Crippen molar-refractivity contribution in [2.45, 2.75) is 31.7 Å². The highest BCUT2D eigenvalue weighted by Gasteiger charge is 2.19. The van der Waals surface area contributed by atoms with E-state index in [1.54, 1.807) is 7.11 Å². The molecule has 1 saturated carbocycles. The molecule has 1 aliphatic rings. The van der Waals surface area contributed by atoms with Gasteiger partial charge in [-0.2, -0.15) is 0 Å². The summed E-state index contributed by atoms with van der Waals surface area (Å²) in [6.45, 7) is 3.46. The van der Waals surface area contributed by atoms with Gasteiger partial charge in [0.05, 0.1) is 13.2 Å². The zero-order valence-corrected chi connectivity index (χ0v) is 8.55. The minimum Gasteiger partial charge on any atom is -0.382 e. The minimum absolute atomic E-state index is 0.709. The van der Waals surface area contributed by atoms with Gasteiger partial charge in [-0.25, -0.2) is 0 Å². The molecule has 3 nitrogen and oxygen atoms in total. The molecule has 1 fully saturated rings. The van der Waals surface area contributed by atoms with Gasteiger partial charge in [-0.3, -0.25) is 0 Å². The Morgan fingerprint density at radius 1 is 1.15 bits per heavy atom. The number of methoxy groups -OCH3 is 1. The summed E-state index contributed by atoms with van der Waals surface area (Å²) in [5.74, 6) is 0. The number of unbranched alkanes of at least 4 members (excludes halogenated alkanes) is 1. The summed E-state index contributed by atoms with van der Waals surface area (Å²) in [6, 6.07) is 0.842. The SMILES string of the molecule is COCCOCCCCNC1CC1. The van der Waals surface area contributed by atoms with Gasteiger partial charge in [-0.1, -0.05) is 0 Å². The van der Waals surface area contributed by atoms with Crippen molar-refractivity contribution in [1.82, 2.24) is 5.32 Å². The summed E-state index contributed by atoms with van der Waals surface area (Å²) in [5.41, 5.74) is 0. The van der Waals surface area contributed by atoms with Crippen LogP contribution in [0, 0.1) is 0 Å². The van der Waals surface area contributed by atoms with Crippen LogP contribution in [0.1, 0.15) is 25.7 Å². The van der Waals surface area contributed by atoms with Crippen molar-refractivity contribution in [1.29, 1.82) is 0 Å². The second-order valence-corrected chi connectivity index (χ2v) is 3.54. The van der Waals surface area contributed by atoms with Gasteiger partial charge in [0.2, 0.25) is 0 Å². The van der Waals surface area contributed by atoms with Crippen LogP contribution in [0.2, 0.25) is 0 Å². The molecular weight excluding hydrogens is 166 g/mol. The average Bonchev–Trinajstić information content (AvgIpc) is 2.93. The van der Waals surface area contributed by atoms with Crippen molar-refractivity contribution in [3.8, 4) is 0 Å². The topological polar surface area (TPSA) is 30.5 Å². The van der Waals surface area contributed by atoms with Gasteiger partial charge in [0.15, 0.2) is 0 Å². The molecular formula is C10H21NO2. The molecule has 0 atom stereocenters. The first kappa shape index (κ1) is 11.0. The molecule has 13 heavy (non-hydrogen) atoms. The third-order valence-corrected chi connectivity index (χ3v) is 2.16. The predicted molar refractivity (Wildman–Crippen MR) is 53.0 cm³/mol. The van der Waals surface area contributed by atoms with Gasteiger partial charge in [-0.15, -0.1) is 0 Å². The first-order valence-corrected chi connectivity index (χ1v) is 5.23. The van der Waals surface area contributed by atoms with E-state index in [1.165, 1.54) is 19.3 Å². The summed E-state index contributed by atoms with van der Waals surface area (Å²) in [6.07, 6.45) is 5.14. The average molecular weight is 187 g/mol. The molecule has 3 heteroatoms. The fourth-order valence-electron chi connectivity index (χ4n) is 1.17. The lowest BCUT2D eigenvalue weighted by molar-refractivity contribution is 0.0688. The third kappa shape index (κ3) is 6.99. The van der Waals surface area contributed by atoms with Gasteiger partial charge >= 0.3 is 0 Å². The number of rotatable bonds is 9. The van der Waals surface area contributed by atoms with E-state index in [2.05, 4.69) is 5.32 Å². The maximum Gasteiger partial charge on any atom is 0.0700 e. The summed E-state index contributed by atoms with van der Waals surface area (Å²) < 4.78 is 10.2. The zero-order chi connectivity index (χ0) is 9.36. The van der Waals surface area contributed by atoms with Gasteiger partial charge in [0.25, 0.3) is 0 Å². The second kappa shape index (κ2) is 7.30. The molecule has 1 N–H and O–H groups in total. The Morgan fingerprint density at radius 3 is 2.69 bits per heavy atom. The Bertz CT molecular complexity index is 115. The molecule has 0 aromatic carbocycles. The molecule has 0 spiro atoms. The van der Waals surface area contributed by atoms with Crippen LogP contribution in [-0.2, 0) is 9.47 Å². The van der Waals surface area contributed by atoms with Gasteiger partial charge < -0.3 is 14.8 Å². The van der Waals surface area contributed by atoms with E-state index in [0.29, 0.717) is 6.61 Å². The maximum atomic E-state index is 5.34. The first-order valence-electron chi connectivity index (χ1n) is 5.23. The molecule has 1 aliphatic carbocycles. The summed E-state index contributed by atoms with van der Waals surface area (Å²) >= 11 is 0.